The van der Waals surface area contributed by atoms with Gasteiger partial charge in [-0.1, -0.05) is 11.6 Å². The fourth-order valence-electron chi connectivity index (χ4n) is 2.49. The van der Waals surface area contributed by atoms with E-state index in [1.165, 1.54) is 11.8 Å². The first-order valence-electron chi connectivity index (χ1n) is 8.48. The summed E-state index contributed by atoms with van der Waals surface area (Å²) in [4.78, 5) is 17.2. The predicted octanol–water partition coefficient (Wildman–Crippen LogP) is 4.65. The van der Waals surface area contributed by atoms with Crippen molar-refractivity contribution in [3.63, 3.8) is 0 Å². The van der Waals surface area contributed by atoms with Crippen LogP contribution in [0.25, 0.3) is 6.08 Å². The Hall–Kier alpha value is -2.64. The van der Waals surface area contributed by atoms with Gasteiger partial charge in [0.1, 0.15) is 5.75 Å². The quantitative estimate of drug-likeness (QED) is 0.691. The van der Waals surface area contributed by atoms with Gasteiger partial charge in [0, 0.05) is 6.07 Å². The average molecular weight is 419 g/mol. The minimum atomic E-state index is -0.235. The number of halogens is 1. The molecule has 8 heteroatoms. The number of hydrogen-bond donors (Lipinski definition) is 1. The molecular formula is C20H19ClN2O4S. The molecule has 146 valence electrons. The number of amides is 1. The normalized spacial score (nSPS) is 16.4. The van der Waals surface area contributed by atoms with Crippen LogP contribution in [0.4, 0.5) is 5.69 Å². The molecule has 0 radical (unpaired) electrons. The Morgan fingerprint density at radius 2 is 1.89 bits per heavy atom. The second-order valence-corrected chi connectivity index (χ2v) is 7.08. The van der Waals surface area contributed by atoms with E-state index in [9.17, 15) is 4.79 Å². The fourth-order valence-corrected chi connectivity index (χ4v) is 3.53. The van der Waals surface area contributed by atoms with Gasteiger partial charge in [0.25, 0.3) is 5.91 Å². The van der Waals surface area contributed by atoms with E-state index in [1.54, 1.807) is 32.4 Å². The number of ether oxygens (including phenoxy) is 3. The second-order valence-electron chi connectivity index (χ2n) is 5.64. The summed E-state index contributed by atoms with van der Waals surface area (Å²) in [7, 11) is 3.16. The van der Waals surface area contributed by atoms with Crippen molar-refractivity contribution in [2.45, 2.75) is 6.92 Å². The molecule has 1 aliphatic heterocycles. The molecule has 0 spiro atoms. The Balaban J connectivity index is 1.85. The molecule has 1 heterocycles. The van der Waals surface area contributed by atoms with E-state index >= 15 is 0 Å². The van der Waals surface area contributed by atoms with E-state index in [0.29, 0.717) is 44.5 Å². The van der Waals surface area contributed by atoms with Crippen LogP contribution in [-0.2, 0) is 4.79 Å². The van der Waals surface area contributed by atoms with Gasteiger partial charge in [0.15, 0.2) is 16.7 Å². The van der Waals surface area contributed by atoms with Crippen molar-refractivity contribution < 1.29 is 19.0 Å². The minimum Gasteiger partial charge on any atom is -0.497 e. The van der Waals surface area contributed by atoms with Gasteiger partial charge >= 0.3 is 0 Å². The summed E-state index contributed by atoms with van der Waals surface area (Å²) in [6.45, 7) is 2.38. The summed E-state index contributed by atoms with van der Waals surface area (Å²) < 4.78 is 16.0. The third kappa shape index (κ3) is 4.61. The fraction of sp³-hybridized carbons (Fsp3) is 0.200. The molecule has 1 N–H and O–H groups in total. The van der Waals surface area contributed by atoms with Crippen LogP contribution in [0.2, 0.25) is 5.02 Å². The van der Waals surface area contributed by atoms with E-state index in [-0.39, 0.29) is 5.91 Å². The highest BCUT2D eigenvalue weighted by Gasteiger charge is 2.24. The van der Waals surface area contributed by atoms with Gasteiger partial charge in [0.2, 0.25) is 0 Å². The largest absolute Gasteiger partial charge is 0.497 e. The molecular weight excluding hydrogens is 400 g/mol. The standard InChI is InChI=1S/C20H19ClN2O4S/c1-4-27-17-11-15(21)12(9-16(17)26-3)10-18-19(24)23-20(28-18)22-13-5-7-14(25-2)8-6-13/h5-11H,4H2,1-3H3,(H,22,23,24)/b18-10+. The van der Waals surface area contributed by atoms with Crippen LogP contribution in [0.1, 0.15) is 12.5 Å². The number of carbonyl (C=O) groups is 1. The van der Waals surface area contributed by atoms with Crippen LogP contribution >= 0.6 is 23.4 Å². The Kier molecular flexibility index (Phi) is 6.49. The van der Waals surface area contributed by atoms with Crippen molar-refractivity contribution in [2.24, 2.45) is 4.99 Å². The zero-order valence-corrected chi connectivity index (χ0v) is 17.2. The first kappa shape index (κ1) is 20.1. The number of rotatable bonds is 6. The smallest absolute Gasteiger partial charge is 0.264 e. The van der Waals surface area contributed by atoms with Crippen LogP contribution in [0, 0.1) is 0 Å². The van der Waals surface area contributed by atoms with Crippen LogP contribution in [0.15, 0.2) is 46.3 Å². The van der Waals surface area contributed by atoms with E-state index in [1.807, 2.05) is 31.2 Å². The van der Waals surface area contributed by atoms with Gasteiger partial charge in [-0.25, -0.2) is 4.99 Å². The molecule has 6 nitrogen and oxygen atoms in total. The molecule has 1 fully saturated rings. The zero-order chi connectivity index (χ0) is 20.1. The van der Waals surface area contributed by atoms with Gasteiger partial charge in [-0.15, -0.1) is 0 Å². The van der Waals surface area contributed by atoms with Crippen LogP contribution in [-0.4, -0.2) is 31.9 Å². The second kappa shape index (κ2) is 9.03. The summed E-state index contributed by atoms with van der Waals surface area (Å²) in [6, 6.07) is 10.7. The molecule has 2 aromatic rings. The van der Waals surface area contributed by atoms with Crippen molar-refractivity contribution in [1.82, 2.24) is 5.32 Å². The van der Waals surface area contributed by atoms with Crippen molar-refractivity contribution >= 4 is 46.2 Å². The lowest BCUT2D eigenvalue weighted by Gasteiger charge is -2.11. The molecule has 0 bridgehead atoms. The molecule has 1 amide bonds. The van der Waals surface area contributed by atoms with Gasteiger partial charge < -0.3 is 19.5 Å². The summed E-state index contributed by atoms with van der Waals surface area (Å²) >= 11 is 7.60. The third-order valence-corrected chi connectivity index (χ3v) is 5.06. The van der Waals surface area contributed by atoms with Crippen LogP contribution < -0.4 is 19.5 Å². The van der Waals surface area contributed by atoms with Crippen molar-refractivity contribution in [3.05, 3.63) is 51.9 Å². The molecule has 0 aromatic heterocycles. The third-order valence-electron chi connectivity index (χ3n) is 3.82. The highest BCUT2D eigenvalue weighted by molar-refractivity contribution is 8.18. The van der Waals surface area contributed by atoms with Gasteiger partial charge in [0.05, 0.1) is 36.4 Å². The maximum Gasteiger partial charge on any atom is 0.264 e. The summed E-state index contributed by atoms with van der Waals surface area (Å²) in [5.74, 6) is 1.61. The number of amidine groups is 1. The highest BCUT2D eigenvalue weighted by atomic mass is 35.5. The molecule has 0 aliphatic carbocycles. The van der Waals surface area contributed by atoms with Crippen molar-refractivity contribution in [1.29, 1.82) is 0 Å². The lowest BCUT2D eigenvalue weighted by atomic mass is 10.2. The maximum absolute atomic E-state index is 12.3. The number of nitrogens with one attached hydrogen (secondary N) is 1. The number of aliphatic imine (C=N–C) groups is 1. The monoisotopic (exact) mass is 418 g/mol. The SMILES string of the molecule is CCOc1cc(Cl)c(/C=C2/SC(=Nc3ccc(OC)cc3)NC2=O)cc1OC. The van der Waals surface area contributed by atoms with Gasteiger partial charge in [-0.05, 0) is 60.7 Å². The molecule has 1 aliphatic rings. The Bertz CT molecular complexity index is 942. The number of nitrogens with zero attached hydrogens (tertiary/aromatic N) is 1. The van der Waals surface area contributed by atoms with Crippen molar-refractivity contribution in [2.75, 3.05) is 20.8 Å². The molecule has 0 unspecified atom stereocenters. The molecule has 1 saturated heterocycles. The number of benzene rings is 2. The summed E-state index contributed by atoms with van der Waals surface area (Å²) in [5.41, 5.74) is 1.37. The maximum atomic E-state index is 12.3. The molecule has 28 heavy (non-hydrogen) atoms. The molecule has 3 rings (SSSR count). The van der Waals surface area contributed by atoms with E-state index in [2.05, 4.69) is 10.3 Å². The average Bonchev–Trinajstić information content (AvgIpc) is 3.03. The van der Waals surface area contributed by atoms with E-state index in [4.69, 9.17) is 25.8 Å². The first-order valence-corrected chi connectivity index (χ1v) is 9.67. The number of thioether (sulfide) groups is 1. The van der Waals surface area contributed by atoms with E-state index < -0.39 is 0 Å². The topological polar surface area (TPSA) is 69.2 Å². The molecule has 2 aromatic carbocycles. The highest BCUT2D eigenvalue weighted by Crippen LogP contribution is 2.36. The summed E-state index contributed by atoms with van der Waals surface area (Å²) in [5, 5.41) is 3.72. The van der Waals surface area contributed by atoms with Crippen molar-refractivity contribution in [3.8, 4) is 17.2 Å². The Labute approximate surface area is 172 Å². The molecule has 0 atom stereocenters. The Morgan fingerprint density at radius 3 is 2.54 bits per heavy atom. The molecule has 0 saturated carbocycles. The van der Waals surface area contributed by atoms with E-state index in [0.717, 1.165) is 5.75 Å². The number of hydrogen-bond acceptors (Lipinski definition) is 6. The van der Waals surface area contributed by atoms with Crippen LogP contribution in [0.3, 0.4) is 0 Å². The first-order chi connectivity index (χ1) is 13.5. The lowest BCUT2D eigenvalue weighted by molar-refractivity contribution is -0.115. The van der Waals surface area contributed by atoms with Gasteiger partial charge in [-0.2, -0.15) is 0 Å². The Morgan fingerprint density at radius 1 is 1.14 bits per heavy atom. The summed E-state index contributed by atoms with van der Waals surface area (Å²) in [6.07, 6.45) is 1.71. The minimum absolute atomic E-state index is 0.235. The zero-order valence-electron chi connectivity index (χ0n) is 15.6. The number of carbonyl (C=O) groups excluding carboxylic acids is 1. The lowest BCUT2D eigenvalue weighted by Crippen LogP contribution is -2.19. The number of methoxy groups -OCH3 is 2. The predicted molar refractivity (Wildman–Crippen MR) is 113 cm³/mol. The van der Waals surface area contributed by atoms with Crippen LogP contribution in [0.5, 0.6) is 17.2 Å². The van der Waals surface area contributed by atoms with Gasteiger partial charge in [-0.3, -0.25) is 4.79 Å².